The molecule has 6 heteroatoms. The van der Waals surface area contributed by atoms with Crippen molar-refractivity contribution in [1.29, 1.82) is 0 Å². The van der Waals surface area contributed by atoms with Crippen LogP contribution in [-0.4, -0.2) is 9.55 Å². The second-order valence-electron chi connectivity index (χ2n) is 5.99. The highest BCUT2D eigenvalue weighted by Gasteiger charge is 2.16. The lowest BCUT2D eigenvalue weighted by molar-refractivity contribution is 0.494. The van der Waals surface area contributed by atoms with Gasteiger partial charge < -0.3 is 0 Å². The van der Waals surface area contributed by atoms with Crippen LogP contribution in [0.5, 0.6) is 0 Å². The summed E-state index contributed by atoms with van der Waals surface area (Å²) in [5.74, 6) is -1.87. The van der Waals surface area contributed by atoms with E-state index in [1.54, 1.807) is 0 Å². The molecule has 0 aliphatic heterocycles. The predicted molar refractivity (Wildman–Crippen MR) is 99.5 cm³/mol. The van der Waals surface area contributed by atoms with Crippen molar-refractivity contribution in [2.24, 2.45) is 0 Å². The van der Waals surface area contributed by atoms with E-state index < -0.39 is 11.6 Å². The molecule has 0 saturated heterocycles. The number of rotatable bonds is 3. The van der Waals surface area contributed by atoms with Crippen molar-refractivity contribution >= 4 is 21.6 Å². The van der Waals surface area contributed by atoms with Gasteiger partial charge in [-0.2, -0.15) is 0 Å². The van der Waals surface area contributed by atoms with Crippen LogP contribution in [0.4, 0.5) is 8.78 Å². The lowest BCUT2D eigenvalue weighted by atomic mass is 10.1. The first-order chi connectivity index (χ1) is 12.6. The minimum absolute atomic E-state index is 0.0681. The van der Waals surface area contributed by atoms with Gasteiger partial charge in [0.2, 0.25) is 0 Å². The van der Waals surface area contributed by atoms with Crippen molar-refractivity contribution in [2.45, 2.75) is 13.5 Å². The first-order valence-corrected chi connectivity index (χ1v) is 8.84. The molecule has 26 heavy (non-hydrogen) atoms. The molecule has 4 rings (SSSR count). The molecule has 2 aromatic heterocycles. The van der Waals surface area contributed by atoms with Crippen molar-refractivity contribution in [3.05, 3.63) is 88.0 Å². The molecule has 0 atom stereocenters. The summed E-state index contributed by atoms with van der Waals surface area (Å²) < 4.78 is 28.7. The van der Waals surface area contributed by atoms with E-state index in [4.69, 9.17) is 0 Å². The van der Waals surface area contributed by atoms with Gasteiger partial charge in [0.05, 0.1) is 18.3 Å². The van der Waals surface area contributed by atoms with Gasteiger partial charge >= 0.3 is 0 Å². The van der Waals surface area contributed by atoms with Crippen LogP contribution in [-0.2, 0) is 6.54 Å². The summed E-state index contributed by atoms with van der Waals surface area (Å²) >= 11 is 1.45. The number of benzene rings is 2. The number of thiophene rings is 1. The van der Waals surface area contributed by atoms with Crippen LogP contribution in [0.25, 0.3) is 20.7 Å². The van der Waals surface area contributed by atoms with Crippen LogP contribution in [0.3, 0.4) is 0 Å². The van der Waals surface area contributed by atoms with Crippen LogP contribution < -0.4 is 5.56 Å². The maximum Gasteiger partial charge on any atom is 0.262 e. The standard InChI is InChI=1S/C20H14F2N2OS/c1-12-16-19(26-18(12)13-6-3-2-4-7-13)23-11-24(20(16)25)10-14-8-5-9-15(21)17(14)22/h2-9,11H,10H2,1H3. The Morgan fingerprint density at radius 1 is 1.08 bits per heavy atom. The van der Waals surface area contributed by atoms with Gasteiger partial charge in [-0.25, -0.2) is 13.8 Å². The predicted octanol–water partition coefficient (Wildman–Crippen LogP) is 4.76. The molecule has 0 spiro atoms. The zero-order valence-corrected chi connectivity index (χ0v) is 14.7. The fourth-order valence-electron chi connectivity index (χ4n) is 2.99. The monoisotopic (exact) mass is 368 g/mol. The van der Waals surface area contributed by atoms with Gasteiger partial charge in [-0.15, -0.1) is 11.3 Å². The molecule has 2 aromatic carbocycles. The largest absolute Gasteiger partial charge is 0.294 e. The lowest BCUT2D eigenvalue weighted by Crippen LogP contribution is -2.21. The Kier molecular flexibility index (Phi) is 4.12. The Morgan fingerprint density at radius 2 is 1.85 bits per heavy atom. The number of aromatic nitrogens is 2. The molecule has 0 unspecified atom stereocenters. The van der Waals surface area contributed by atoms with Crippen LogP contribution in [0.15, 0.2) is 59.7 Å². The second-order valence-corrected chi connectivity index (χ2v) is 6.99. The molecule has 0 aliphatic carbocycles. The molecular weight excluding hydrogens is 354 g/mol. The van der Waals surface area contributed by atoms with Crippen LogP contribution in [0.1, 0.15) is 11.1 Å². The van der Waals surface area contributed by atoms with E-state index in [2.05, 4.69) is 4.98 Å². The van der Waals surface area contributed by atoms with E-state index in [1.165, 1.54) is 34.4 Å². The van der Waals surface area contributed by atoms with E-state index in [-0.39, 0.29) is 17.7 Å². The van der Waals surface area contributed by atoms with Gasteiger partial charge in [0.15, 0.2) is 11.6 Å². The van der Waals surface area contributed by atoms with Crippen molar-refractivity contribution in [2.75, 3.05) is 0 Å². The minimum atomic E-state index is -0.938. The summed E-state index contributed by atoms with van der Waals surface area (Å²) in [4.78, 5) is 18.9. The highest BCUT2D eigenvalue weighted by atomic mass is 32.1. The molecule has 0 N–H and O–H groups in total. The Morgan fingerprint density at radius 3 is 2.62 bits per heavy atom. The molecule has 130 valence electrons. The number of hydrogen-bond donors (Lipinski definition) is 0. The lowest BCUT2D eigenvalue weighted by Gasteiger charge is -2.07. The molecule has 0 amide bonds. The summed E-state index contributed by atoms with van der Waals surface area (Å²) in [5.41, 5.74) is 1.73. The van der Waals surface area contributed by atoms with Gasteiger partial charge in [-0.3, -0.25) is 9.36 Å². The number of hydrogen-bond acceptors (Lipinski definition) is 3. The molecule has 3 nitrogen and oxygen atoms in total. The van der Waals surface area contributed by atoms with E-state index in [0.29, 0.717) is 10.2 Å². The van der Waals surface area contributed by atoms with Crippen LogP contribution in [0, 0.1) is 18.6 Å². The van der Waals surface area contributed by atoms with E-state index in [0.717, 1.165) is 22.1 Å². The highest BCUT2D eigenvalue weighted by Crippen LogP contribution is 2.35. The Balaban J connectivity index is 1.84. The first-order valence-electron chi connectivity index (χ1n) is 8.03. The summed E-state index contributed by atoms with van der Waals surface area (Å²) in [6, 6.07) is 13.7. The molecule has 0 radical (unpaired) electrons. The van der Waals surface area contributed by atoms with Crippen molar-refractivity contribution < 1.29 is 8.78 Å². The van der Waals surface area contributed by atoms with Crippen molar-refractivity contribution in [3.63, 3.8) is 0 Å². The van der Waals surface area contributed by atoms with Crippen molar-refractivity contribution in [3.8, 4) is 10.4 Å². The summed E-state index contributed by atoms with van der Waals surface area (Å²) in [7, 11) is 0. The Bertz CT molecular complexity index is 1170. The quantitative estimate of drug-likeness (QED) is 0.523. The maximum absolute atomic E-state index is 13.9. The number of nitrogens with zero attached hydrogens (tertiary/aromatic N) is 2. The topological polar surface area (TPSA) is 34.9 Å². The average molecular weight is 368 g/mol. The minimum Gasteiger partial charge on any atom is -0.294 e. The SMILES string of the molecule is Cc1c(-c2ccccc2)sc2ncn(Cc3cccc(F)c3F)c(=O)c12. The fourth-order valence-corrected chi connectivity index (χ4v) is 4.14. The average Bonchev–Trinajstić information content (AvgIpc) is 2.99. The third-order valence-corrected chi connectivity index (χ3v) is 5.57. The molecule has 4 aromatic rings. The Hall–Kier alpha value is -2.86. The van der Waals surface area contributed by atoms with E-state index >= 15 is 0 Å². The van der Waals surface area contributed by atoms with Crippen molar-refractivity contribution in [1.82, 2.24) is 9.55 Å². The van der Waals surface area contributed by atoms with E-state index in [1.807, 2.05) is 37.3 Å². The molecule has 0 bridgehead atoms. The fraction of sp³-hybridized carbons (Fsp3) is 0.100. The molecule has 0 aliphatic rings. The third-order valence-electron chi connectivity index (χ3n) is 4.33. The molecule has 0 saturated carbocycles. The van der Waals surface area contributed by atoms with Gasteiger partial charge in [0.25, 0.3) is 5.56 Å². The number of halogens is 2. The second kappa shape index (κ2) is 6.46. The third kappa shape index (κ3) is 2.72. The highest BCUT2D eigenvalue weighted by molar-refractivity contribution is 7.22. The van der Waals surface area contributed by atoms with Gasteiger partial charge in [0.1, 0.15) is 4.83 Å². The summed E-state index contributed by atoms with van der Waals surface area (Å²) in [5, 5.41) is 0.521. The van der Waals surface area contributed by atoms with Gasteiger partial charge in [-0.05, 0) is 24.1 Å². The zero-order valence-electron chi connectivity index (χ0n) is 13.9. The summed E-state index contributed by atoms with van der Waals surface area (Å²) in [6.45, 7) is 1.82. The maximum atomic E-state index is 13.9. The number of aryl methyl sites for hydroxylation is 1. The zero-order chi connectivity index (χ0) is 18.3. The molecular formula is C20H14F2N2OS. The Labute approximate surface area is 152 Å². The van der Waals surface area contributed by atoms with Crippen LogP contribution >= 0.6 is 11.3 Å². The van der Waals surface area contributed by atoms with E-state index in [9.17, 15) is 13.6 Å². The van der Waals surface area contributed by atoms with Gasteiger partial charge in [-0.1, -0.05) is 42.5 Å². The van der Waals surface area contributed by atoms with Gasteiger partial charge in [0, 0.05) is 10.4 Å². The molecule has 0 fully saturated rings. The van der Waals surface area contributed by atoms with Crippen LogP contribution in [0.2, 0.25) is 0 Å². The number of fused-ring (bicyclic) bond motifs is 1. The molecule has 2 heterocycles. The first kappa shape index (κ1) is 16.6. The smallest absolute Gasteiger partial charge is 0.262 e. The normalized spacial score (nSPS) is 11.2. The summed E-state index contributed by atoms with van der Waals surface area (Å²) in [6.07, 6.45) is 1.39.